The number of rotatable bonds is 7. The Bertz CT molecular complexity index is 281. The van der Waals surface area contributed by atoms with Crippen molar-refractivity contribution in [3.8, 4) is 12.3 Å². The summed E-state index contributed by atoms with van der Waals surface area (Å²) in [6.07, 6.45) is 6.50. The Morgan fingerprint density at radius 2 is 2.20 bits per heavy atom. The molecule has 5 nitrogen and oxygen atoms in total. The molecule has 0 unspecified atom stereocenters. The molecule has 0 spiro atoms. The van der Waals surface area contributed by atoms with Gasteiger partial charge in [-0.25, -0.2) is 0 Å². The van der Waals surface area contributed by atoms with Gasteiger partial charge in [0, 0.05) is 6.54 Å². The molecule has 0 fully saturated rings. The highest BCUT2D eigenvalue weighted by Gasteiger charge is 2.11. The topological polar surface area (TPSA) is 69.6 Å². The minimum absolute atomic E-state index is 0.000000000000000222. The summed E-state index contributed by atoms with van der Waals surface area (Å²) in [5.74, 6) is 0.978. The van der Waals surface area contributed by atoms with Crippen LogP contribution >= 0.6 is 0 Å². The number of hydrogen-bond donors (Lipinski definition) is 2. The van der Waals surface area contributed by atoms with Crippen molar-refractivity contribution in [2.24, 2.45) is 0 Å². The summed E-state index contributed by atoms with van der Waals surface area (Å²) in [4.78, 5) is 23.1. The van der Waals surface area contributed by atoms with E-state index in [1.807, 2.05) is 0 Å². The fraction of sp³-hybridized carbons (Fsp3) is 0.400. The van der Waals surface area contributed by atoms with Crippen LogP contribution in [0, 0.1) is 12.3 Å². The van der Waals surface area contributed by atoms with Crippen LogP contribution in [0.4, 0.5) is 0 Å². The first kappa shape index (κ1) is 13.2. The van der Waals surface area contributed by atoms with Crippen LogP contribution in [0.25, 0.3) is 0 Å². The molecule has 0 aromatic rings. The number of amides is 1. The van der Waals surface area contributed by atoms with Gasteiger partial charge in [0.25, 0.3) is 0 Å². The molecule has 0 aromatic heterocycles. The fourth-order valence-corrected chi connectivity index (χ4v) is 0.967. The predicted molar refractivity (Wildman–Crippen MR) is 56.1 cm³/mol. The predicted octanol–water partition coefficient (Wildman–Crippen LogP) is -0.692. The van der Waals surface area contributed by atoms with Crippen LogP contribution in [0.2, 0.25) is 0 Å². The lowest BCUT2D eigenvalue weighted by molar-refractivity contribution is -0.138. The Hall–Kier alpha value is -1.80. The number of carbonyl (C=O) groups excluding carboxylic acids is 1. The van der Waals surface area contributed by atoms with Gasteiger partial charge >= 0.3 is 5.97 Å². The van der Waals surface area contributed by atoms with Gasteiger partial charge in [-0.2, -0.15) is 0 Å². The summed E-state index contributed by atoms with van der Waals surface area (Å²) in [5, 5.41) is 11.0. The number of nitrogens with one attached hydrogen (secondary N) is 1. The number of carboxylic acids is 1. The Morgan fingerprint density at radius 3 is 2.67 bits per heavy atom. The molecule has 0 aliphatic heterocycles. The molecular weight excluding hydrogens is 196 g/mol. The highest BCUT2D eigenvalue weighted by atomic mass is 16.4. The van der Waals surface area contributed by atoms with Crippen molar-refractivity contribution in [3.05, 3.63) is 12.7 Å². The van der Waals surface area contributed by atoms with E-state index in [1.165, 1.54) is 11.0 Å². The van der Waals surface area contributed by atoms with E-state index in [2.05, 4.69) is 17.8 Å². The Labute approximate surface area is 88.8 Å². The van der Waals surface area contributed by atoms with E-state index in [4.69, 9.17) is 11.5 Å². The molecule has 82 valence electrons. The maximum Gasteiger partial charge on any atom is 0.317 e. The second-order valence-electron chi connectivity index (χ2n) is 2.83. The van der Waals surface area contributed by atoms with Crippen LogP contribution in [0.3, 0.4) is 0 Å². The molecule has 5 heteroatoms. The van der Waals surface area contributed by atoms with Crippen LogP contribution in [0.15, 0.2) is 12.7 Å². The first-order chi connectivity index (χ1) is 7.10. The SMILES string of the molecule is C#CCNC(=O)CN(CC=C)CC(=O)O. The fourth-order valence-electron chi connectivity index (χ4n) is 0.967. The lowest BCUT2D eigenvalue weighted by Gasteiger charge is -2.16. The van der Waals surface area contributed by atoms with Crippen molar-refractivity contribution in [1.82, 2.24) is 10.2 Å². The highest BCUT2D eigenvalue weighted by Crippen LogP contribution is 1.88. The van der Waals surface area contributed by atoms with Gasteiger partial charge in [0.2, 0.25) is 5.91 Å². The second kappa shape index (κ2) is 7.59. The number of hydrogen-bond acceptors (Lipinski definition) is 3. The molecular formula is C10H14N2O3. The summed E-state index contributed by atoms with van der Waals surface area (Å²) in [6, 6.07) is 0. The summed E-state index contributed by atoms with van der Waals surface area (Å²) in [7, 11) is 0. The van der Waals surface area contributed by atoms with Crippen molar-refractivity contribution < 1.29 is 14.7 Å². The Balaban J connectivity index is 4.04. The number of carboxylic acid groups (broad SMARTS) is 1. The van der Waals surface area contributed by atoms with Crippen LogP contribution in [0.1, 0.15) is 0 Å². The third kappa shape index (κ3) is 7.28. The lowest BCUT2D eigenvalue weighted by Crippen LogP contribution is -2.39. The van der Waals surface area contributed by atoms with Gasteiger partial charge < -0.3 is 10.4 Å². The number of terminal acetylenes is 1. The normalized spacial score (nSPS) is 9.33. The summed E-state index contributed by atoms with van der Waals surface area (Å²) < 4.78 is 0. The number of nitrogens with zero attached hydrogens (tertiary/aromatic N) is 1. The van der Waals surface area contributed by atoms with E-state index in [-0.39, 0.29) is 25.5 Å². The van der Waals surface area contributed by atoms with Crippen molar-refractivity contribution in [1.29, 1.82) is 0 Å². The smallest absolute Gasteiger partial charge is 0.317 e. The van der Waals surface area contributed by atoms with Gasteiger partial charge in [-0.3, -0.25) is 14.5 Å². The minimum Gasteiger partial charge on any atom is -0.480 e. The van der Waals surface area contributed by atoms with E-state index in [0.29, 0.717) is 6.54 Å². The average Bonchev–Trinajstić information content (AvgIpc) is 2.14. The first-order valence-electron chi connectivity index (χ1n) is 4.35. The quantitative estimate of drug-likeness (QED) is 0.431. The molecule has 0 aliphatic carbocycles. The molecule has 2 N–H and O–H groups in total. The summed E-state index contributed by atoms with van der Waals surface area (Å²) >= 11 is 0. The van der Waals surface area contributed by atoms with E-state index in [9.17, 15) is 9.59 Å². The van der Waals surface area contributed by atoms with E-state index in [0.717, 1.165) is 0 Å². The van der Waals surface area contributed by atoms with E-state index < -0.39 is 5.97 Å². The highest BCUT2D eigenvalue weighted by molar-refractivity contribution is 5.79. The Kier molecular flexibility index (Phi) is 6.68. The van der Waals surface area contributed by atoms with Gasteiger partial charge in [0.1, 0.15) is 0 Å². The number of carbonyl (C=O) groups is 2. The van der Waals surface area contributed by atoms with Gasteiger partial charge in [-0.1, -0.05) is 12.0 Å². The average molecular weight is 210 g/mol. The second-order valence-corrected chi connectivity index (χ2v) is 2.83. The molecule has 0 saturated carbocycles. The largest absolute Gasteiger partial charge is 0.480 e. The monoisotopic (exact) mass is 210 g/mol. The van der Waals surface area contributed by atoms with E-state index >= 15 is 0 Å². The summed E-state index contributed by atoms with van der Waals surface area (Å²) in [6.45, 7) is 3.77. The van der Waals surface area contributed by atoms with Crippen molar-refractivity contribution in [3.63, 3.8) is 0 Å². The molecule has 0 atom stereocenters. The third-order valence-corrected chi connectivity index (χ3v) is 1.50. The van der Waals surface area contributed by atoms with Crippen molar-refractivity contribution in [2.45, 2.75) is 0 Å². The van der Waals surface area contributed by atoms with Crippen LogP contribution < -0.4 is 5.32 Å². The molecule has 0 heterocycles. The van der Waals surface area contributed by atoms with Gasteiger partial charge in [-0.05, 0) is 0 Å². The summed E-state index contributed by atoms with van der Waals surface area (Å²) in [5.41, 5.74) is 0. The van der Waals surface area contributed by atoms with E-state index in [1.54, 1.807) is 0 Å². The van der Waals surface area contributed by atoms with Crippen molar-refractivity contribution in [2.75, 3.05) is 26.2 Å². The maximum atomic E-state index is 11.2. The molecule has 0 radical (unpaired) electrons. The van der Waals surface area contributed by atoms with Crippen LogP contribution in [-0.2, 0) is 9.59 Å². The molecule has 1 amide bonds. The van der Waals surface area contributed by atoms with Crippen LogP contribution in [-0.4, -0.2) is 48.1 Å². The van der Waals surface area contributed by atoms with Gasteiger partial charge in [0.15, 0.2) is 0 Å². The van der Waals surface area contributed by atoms with Crippen LogP contribution in [0.5, 0.6) is 0 Å². The molecule has 15 heavy (non-hydrogen) atoms. The van der Waals surface area contributed by atoms with Gasteiger partial charge in [0.05, 0.1) is 19.6 Å². The zero-order valence-electron chi connectivity index (χ0n) is 8.40. The zero-order valence-corrected chi connectivity index (χ0v) is 8.40. The maximum absolute atomic E-state index is 11.2. The molecule has 0 aromatic carbocycles. The van der Waals surface area contributed by atoms with Gasteiger partial charge in [-0.15, -0.1) is 13.0 Å². The molecule has 0 saturated heterocycles. The lowest BCUT2D eigenvalue weighted by atomic mass is 10.4. The Morgan fingerprint density at radius 1 is 1.53 bits per heavy atom. The van der Waals surface area contributed by atoms with Crippen molar-refractivity contribution >= 4 is 11.9 Å². The standard InChI is InChI=1S/C10H14N2O3/c1-3-5-11-9(13)7-12(6-4-2)8-10(14)15/h1,4H,2,5-8H2,(H,11,13)(H,14,15). The first-order valence-corrected chi connectivity index (χ1v) is 4.35. The molecule has 0 aliphatic rings. The zero-order chi connectivity index (χ0) is 11.7. The molecule has 0 rings (SSSR count). The third-order valence-electron chi connectivity index (χ3n) is 1.50. The number of aliphatic carboxylic acids is 1. The molecule has 0 bridgehead atoms. The minimum atomic E-state index is -0.985.